The first-order chi connectivity index (χ1) is 9.67. The number of amides is 1. The van der Waals surface area contributed by atoms with E-state index in [9.17, 15) is 4.79 Å². The number of aromatic amines is 1. The van der Waals surface area contributed by atoms with E-state index >= 15 is 0 Å². The molecule has 1 aliphatic carbocycles. The molecule has 1 saturated carbocycles. The van der Waals surface area contributed by atoms with Crippen molar-refractivity contribution in [2.45, 2.75) is 31.4 Å². The summed E-state index contributed by atoms with van der Waals surface area (Å²) in [6.07, 6.45) is 3.14. The van der Waals surface area contributed by atoms with Gasteiger partial charge in [0.1, 0.15) is 0 Å². The summed E-state index contributed by atoms with van der Waals surface area (Å²) in [4.78, 5) is 15.5. The molecule has 1 aliphatic rings. The maximum absolute atomic E-state index is 12.3. The highest BCUT2D eigenvalue weighted by Gasteiger charge is 2.28. The van der Waals surface area contributed by atoms with Crippen molar-refractivity contribution in [3.05, 3.63) is 28.6 Å². The molecule has 0 unspecified atom stereocenters. The van der Waals surface area contributed by atoms with E-state index in [4.69, 9.17) is 21.4 Å². The van der Waals surface area contributed by atoms with Crippen LogP contribution in [0.4, 0.5) is 0 Å². The van der Waals surface area contributed by atoms with Crippen molar-refractivity contribution < 1.29 is 13.9 Å². The van der Waals surface area contributed by atoms with Gasteiger partial charge in [-0.2, -0.15) is 0 Å². The normalized spacial score (nSPS) is 22.2. The van der Waals surface area contributed by atoms with Crippen molar-refractivity contribution in [1.82, 2.24) is 10.3 Å². The molecule has 0 spiro atoms. The number of hydrogen-bond acceptors (Lipinski definition) is 4. The van der Waals surface area contributed by atoms with Gasteiger partial charge in [0, 0.05) is 12.7 Å². The number of oxazole rings is 1. The number of rotatable bonds is 3. The molecule has 1 amide bonds. The number of H-pyrrole nitrogens is 1. The summed E-state index contributed by atoms with van der Waals surface area (Å²) >= 11 is 4.93. The van der Waals surface area contributed by atoms with E-state index in [1.165, 1.54) is 0 Å². The average Bonchev–Trinajstić information content (AvgIpc) is 3.02. The molecule has 2 aromatic rings. The van der Waals surface area contributed by atoms with Crippen molar-refractivity contribution in [3.63, 3.8) is 0 Å². The summed E-state index contributed by atoms with van der Waals surface area (Å²) in [6, 6.07) is 5.34. The molecule has 1 aromatic carbocycles. The zero-order valence-corrected chi connectivity index (χ0v) is 12.0. The third-order valence-electron chi connectivity index (χ3n) is 3.75. The predicted molar refractivity (Wildman–Crippen MR) is 77.3 cm³/mol. The van der Waals surface area contributed by atoms with E-state index in [1.54, 1.807) is 25.3 Å². The van der Waals surface area contributed by atoms with Gasteiger partial charge in [-0.3, -0.25) is 4.79 Å². The number of fused-ring (bicyclic) bond motifs is 1. The summed E-state index contributed by atoms with van der Waals surface area (Å²) in [5.74, 6) is -0.108. The van der Waals surface area contributed by atoms with E-state index in [1.807, 2.05) is 0 Å². The Hall–Kier alpha value is -1.66. The molecule has 1 fully saturated rings. The van der Waals surface area contributed by atoms with Gasteiger partial charge >= 0.3 is 0 Å². The molecular weight excluding hydrogens is 276 g/mol. The molecule has 0 bridgehead atoms. The first kappa shape index (κ1) is 13.3. The van der Waals surface area contributed by atoms with Crippen molar-refractivity contribution in [2.24, 2.45) is 0 Å². The Labute approximate surface area is 121 Å². The standard InChI is InChI=1S/C14H16N2O3S/c1-18-11-4-2-3-9(11)15-13(17)8-5-6-10-12(7-8)19-14(20)16-10/h5-7,9,11H,2-4H2,1H3,(H,15,17)(H,16,20)/t9-,11-/m1/s1. The molecule has 2 atom stereocenters. The second kappa shape index (κ2) is 5.38. The molecule has 3 rings (SSSR count). The molecule has 6 heteroatoms. The fraction of sp³-hybridized carbons (Fsp3) is 0.429. The topological polar surface area (TPSA) is 67.3 Å². The Morgan fingerprint density at radius 3 is 3.15 bits per heavy atom. The molecule has 0 aliphatic heterocycles. The van der Waals surface area contributed by atoms with Gasteiger partial charge in [-0.25, -0.2) is 0 Å². The van der Waals surface area contributed by atoms with Crippen LogP contribution >= 0.6 is 12.2 Å². The van der Waals surface area contributed by atoms with Crippen LogP contribution < -0.4 is 5.32 Å². The van der Waals surface area contributed by atoms with Gasteiger partial charge in [-0.15, -0.1) is 0 Å². The smallest absolute Gasteiger partial charge is 0.266 e. The van der Waals surface area contributed by atoms with Gasteiger partial charge in [-0.05, 0) is 49.7 Å². The Morgan fingerprint density at radius 2 is 2.35 bits per heavy atom. The quantitative estimate of drug-likeness (QED) is 0.854. The van der Waals surface area contributed by atoms with Gasteiger partial charge in [0.05, 0.1) is 17.7 Å². The van der Waals surface area contributed by atoms with Crippen LogP contribution in [-0.2, 0) is 4.74 Å². The lowest BCUT2D eigenvalue weighted by molar-refractivity contribution is 0.0722. The molecule has 106 valence electrons. The number of nitrogens with one attached hydrogen (secondary N) is 2. The van der Waals surface area contributed by atoms with Crippen molar-refractivity contribution >= 4 is 29.2 Å². The third-order valence-corrected chi connectivity index (χ3v) is 3.94. The zero-order chi connectivity index (χ0) is 14.1. The molecule has 1 heterocycles. The van der Waals surface area contributed by atoms with Gasteiger partial charge in [-0.1, -0.05) is 0 Å². The van der Waals surface area contributed by atoms with E-state index in [0.717, 1.165) is 24.8 Å². The minimum Gasteiger partial charge on any atom is -0.429 e. The first-order valence-corrected chi connectivity index (χ1v) is 7.05. The third kappa shape index (κ3) is 2.48. The lowest BCUT2D eigenvalue weighted by Gasteiger charge is -2.19. The van der Waals surface area contributed by atoms with Crippen molar-refractivity contribution in [3.8, 4) is 0 Å². The SMILES string of the molecule is CO[C@@H]1CCC[C@H]1NC(=O)c1ccc2[nH]c(=S)oc2c1. The fourth-order valence-corrected chi connectivity index (χ4v) is 2.91. The van der Waals surface area contributed by atoms with Crippen LogP contribution in [0.2, 0.25) is 0 Å². The molecule has 2 N–H and O–H groups in total. The second-order valence-electron chi connectivity index (χ2n) is 5.01. The number of hydrogen-bond donors (Lipinski definition) is 2. The Kier molecular flexibility index (Phi) is 3.58. The zero-order valence-electron chi connectivity index (χ0n) is 11.1. The van der Waals surface area contributed by atoms with E-state index < -0.39 is 0 Å². The summed E-state index contributed by atoms with van der Waals surface area (Å²) < 4.78 is 10.7. The number of carbonyl (C=O) groups is 1. The highest BCUT2D eigenvalue weighted by Crippen LogP contribution is 2.22. The number of aromatic nitrogens is 1. The molecule has 0 saturated heterocycles. The number of ether oxygens (including phenoxy) is 1. The van der Waals surface area contributed by atoms with Gasteiger partial charge in [0.15, 0.2) is 5.58 Å². The Morgan fingerprint density at radius 1 is 1.50 bits per heavy atom. The maximum Gasteiger partial charge on any atom is 0.266 e. The van der Waals surface area contributed by atoms with Crippen LogP contribution in [-0.4, -0.2) is 30.1 Å². The molecule has 0 radical (unpaired) electrons. The summed E-state index contributed by atoms with van der Waals surface area (Å²) in [6.45, 7) is 0. The van der Waals surface area contributed by atoms with Gasteiger partial charge in [0.2, 0.25) is 0 Å². The monoisotopic (exact) mass is 292 g/mol. The minimum atomic E-state index is -0.108. The second-order valence-corrected chi connectivity index (χ2v) is 5.38. The number of methoxy groups -OCH3 is 1. The number of benzene rings is 1. The molecular formula is C14H16N2O3S. The molecule has 5 nitrogen and oxygen atoms in total. The summed E-state index contributed by atoms with van der Waals surface area (Å²) in [7, 11) is 1.69. The van der Waals surface area contributed by atoms with Crippen LogP contribution in [0.25, 0.3) is 11.1 Å². The first-order valence-electron chi connectivity index (χ1n) is 6.64. The maximum atomic E-state index is 12.3. The van der Waals surface area contributed by atoms with Crippen LogP contribution in [0, 0.1) is 4.84 Å². The van der Waals surface area contributed by atoms with Gasteiger partial charge < -0.3 is 19.5 Å². The Bertz CT molecular complexity index is 691. The lowest BCUT2D eigenvalue weighted by atomic mass is 10.1. The van der Waals surface area contributed by atoms with Gasteiger partial charge in [0.25, 0.3) is 10.7 Å². The van der Waals surface area contributed by atoms with Crippen LogP contribution in [0.1, 0.15) is 29.6 Å². The van der Waals surface area contributed by atoms with E-state index in [0.29, 0.717) is 16.0 Å². The number of carbonyl (C=O) groups excluding carboxylic acids is 1. The fourth-order valence-electron chi connectivity index (χ4n) is 2.71. The van der Waals surface area contributed by atoms with E-state index in [-0.39, 0.29) is 18.1 Å². The van der Waals surface area contributed by atoms with Crippen LogP contribution in [0.5, 0.6) is 0 Å². The van der Waals surface area contributed by atoms with Crippen molar-refractivity contribution in [2.75, 3.05) is 7.11 Å². The molecule has 1 aromatic heterocycles. The largest absolute Gasteiger partial charge is 0.429 e. The minimum absolute atomic E-state index is 0.0841. The predicted octanol–water partition coefficient (Wildman–Crippen LogP) is 2.79. The summed E-state index contributed by atoms with van der Waals surface area (Å²) in [5.41, 5.74) is 1.96. The lowest BCUT2D eigenvalue weighted by Crippen LogP contribution is -2.40. The van der Waals surface area contributed by atoms with Crippen LogP contribution in [0.15, 0.2) is 22.6 Å². The Balaban J connectivity index is 1.79. The summed E-state index contributed by atoms with van der Waals surface area (Å²) in [5, 5.41) is 3.03. The van der Waals surface area contributed by atoms with E-state index in [2.05, 4.69) is 10.3 Å². The van der Waals surface area contributed by atoms with Crippen molar-refractivity contribution in [1.29, 1.82) is 0 Å². The highest BCUT2D eigenvalue weighted by molar-refractivity contribution is 7.71. The molecule has 20 heavy (non-hydrogen) atoms. The van der Waals surface area contributed by atoms with Crippen LogP contribution in [0.3, 0.4) is 0 Å². The average molecular weight is 292 g/mol. The highest BCUT2D eigenvalue weighted by atomic mass is 32.1.